The lowest BCUT2D eigenvalue weighted by Crippen LogP contribution is -2.55. The third-order valence-corrected chi connectivity index (χ3v) is 5.93. The van der Waals surface area contributed by atoms with E-state index >= 15 is 0 Å². The molecule has 1 amide bonds. The van der Waals surface area contributed by atoms with Crippen LogP contribution in [0.3, 0.4) is 0 Å². The summed E-state index contributed by atoms with van der Waals surface area (Å²) in [4.78, 5) is 15.2. The van der Waals surface area contributed by atoms with Crippen molar-refractivity contribution < 1.29 is 13.2 Å². The van der Waals surface area contributed by atoms with Gasteiger partial charge in [-0.15, -0.1) is 0 Å². The highest BCUT2D eigenvalue weighted by Gasteiger charge is 2.35. The number of hydrogen-bond donors (Lipinski definition) is 1. The Labute approximate surface area is 119 Å². The van der Waals surface area contributed by atoms with Crippen molar-refractivity contribution in [3.63, 3.8) is 0 Å². The van der Waals surface area contributed by atoms with E-state index in [0.29, 0.717) is 12.3 Å². The van der Waals surface area contributed by atoms with Crippen molar-refractivity contribution in [2.24, 2.45) is 5.73 Å². The highest BCUT2D eigenvalue weighted by atomic mass is 32.2. The summed E-state index contributed by atoms with van der Waals surface area (Å²) in [5.74, 6) is 1.39. The lowest BCUT2D eigenvalue weighted by molar-refractivity contribution is -0.130. The Balaban J connectivity index is 2.85. The first-order valence-corrected chi connectivity index (χ1v) is 9.31. The zero-order valence-electron chi connectivity index (χ0n) is 11.7. The van der Waals surface area contributed by atoms with Crippen LogP contribution < -0.4 is 5.73 Å². The molecule has 0 radical (unpaired) electrons. The lowest BCUT2D eigenvalue weighted by atomic mass is 10.1. The Hall–Kier alpha value is -0.310. The number of hydrogen-bond acceptors (Lipinski definition) is 6. The van der Waals surface area contributed by atoms with Crippen molar-refractivity contribution in [2.75, 3.05) is 44.9 Å². The fraction of sp³-hybridized carbons (Fsp3) is 0.909. The van der Waals surface area contributed by atoms with Gasteiger partial charge in [-0.1, -0.05) is 0 Å². The van der Waals surface area contributed by atoms with Gasteiger partial charge in [0.15, 0.2) is 9.84 Å². The van der Waals surface area contributed by atoms with Crippen LogP contribution in [0.5, 0.6) is 0 Å². The second kappa shape index (κ2) is 6.92. The molecule has 112 valence electrons. The first kappa shape index (κ1) is 16.7. The second-order valence-electron chi connectivity index (χ2n) is 4.98. The van der Waals surface area contributed by atoms with Crippen LogP contribution in [0.15, 0.2) is 0 Å². The predicted molar refractivity (Wildman–Crippen MR) is 78.8 cm³/mol. The maximum absolute atomic E-state index is 11.8. The Kier molecular flexibility index (Phi) is 6.10. The SMILES string of the molecule is CN(C)C(=O)CC(CN)N1CCSCC1S(C)(=O)=O. The van der Waals surface area contributed by atoms with Crippen LogP contribution >= 0.6 is 11.8 Å². The molecule has 1 rings (SSSR count). The van der Waals surface area contributed by atoms with Crippen LogP contribution in [-0.4, -0.2) is 80.5 Å². The van der Waals surface area contributed by atoms with E-state index in [-0.39, 0.29) is 24.9 Å². The van der Waals surface area contributed by atoms with Crippen LogP contribution in [-0.2, 0) is 14.6 Å². The molecule has 1 aliphatic heterocycles. The minimum absolute atomic E-state index is 0.0269. The summed E-state index contributed by atoms with van der Waals surface area (Å²) >= 11 is 1.63. The maximum atomic E-state index is 11.8. The number of nitrogens with zero attached hydrogens (tertiary/aromatic N) is 2. The van der Waals surface area contributed by atoms with Gasteiger partial charge >= 0.3 is 0 Å². The van der Waals surface area contributed by atoms with Gasteiger partial charge in [0.2, 0.25) is 5.91 Å². The highest BCUT2D eigenvalue weighted by molar-refractivity contribution is 8.00. The molecule has 2 unspecified atom stereocenters. The molecule has 1 fully saturated rings. The number of amides is 1. The van der Waals surface area contributed by atoms with E-state index in [4.69, 9.17) is 5.73 Å². The van der Waals surface area contributed by atoms with Crippen molar-refractivity contribution in [1.82, 2.24) is 9.80 Å². The standard InChI is InChI=1S/C11H23N3O3S2/c1-13(2)10(15)6-9(7-12)14-4-5-18-8-11(14)19(3,16)17/h9,11H,4-8,12H2,1-3H3. The fourth-order valence-electron chi connectivity index (χ4n) is 2.10. The number of carbonyl (C=O) groups excluding carboxylic acids is 1. The molecule has 0 aromatic rings. The van der Waals surface area contributed by atoms with E-state index in [2.05, 4.69) is 0 Å². The maximum Gasteiger partial charge on any atom is 0.223 e. The molecule has 0 spiro atoms. The molecule has 0 aromatic heterocycles. The van der Waals surface area contributed by atoms with Crippen molar-refractivity contribution in [1.29, 1.82) is 0 Å². The first-order valence-electron chi connectivity index (χ1n) is 6.20. The summed E-state index contributed by atoms with van der Waals surface area (Å²) in [6.07, 6.45) is 1.51. The van der Waals surface area contributed by atoms with Gasteiger partial charge < -0.3 is 10.6 Å². The van der Waals surface area contributed by atoms with E-state index in [1.54, 1.807) is 25.9 Å². The summed E-state index contributed by atoms with van der Waals surface area (Å²) in [7, 11) is 0.219. The molecule has 0 bridgehead atoms. The number of thioether (sulfide) groups is 1. The van der Waals surface area contributed by atoms with E-state index in [0.717, 1.165) is 5.75 Å². The topological polar surface area (TPSA) is 83.7 Å². The molecule has 0 aliphatic carbocycles. The van der Waals surface area contributed by atoms with Gasteiger partial charge in [0.25, 0.3) is 0 Å². The van der Waals surface area contributed by atoms with E-state index in [9.17, 15) is 13.2 Å². The third kappa shape index (κ3) is 4.62. The average Bonchev–Trinajstić information content (AvgIpc) is 2.34. The smallest absolute Gasteiger partial charge is 0.223 e. The second-order valence-corrected chi connectivity index (χ2v) is 8.33. The number of carbonyl (C=O) groups is 1. The number of rotatable bonds is 5. The molecule has 2 N–H and O–H groups in total. The zero-order chi connectivity index (χ0) is 14.6. The quantitative estimate of drug-likeness (QED) is 0.717. The molecule has 1 aliphatic rings. The van der Waals surface area contributed by atoms with Crippen molar-refractivity contribution in [3.8, 4) is 0 Å². The normalized spacial score (nSPS) is 23.1. The van der Waals surface area contributed by atoms with Gasteiger partial charge in [-0.3, -0.25) is 9.69 Å². The molecule has 8 heteroatoms. The summed E-state index contributed by atoms with van der Waals surface area (Å²) in [5, 5.41) is -0.533. The van der Waals surface area contributed by atoms with Crippen LogP contribution in [0.1, 0.15) is 6.42 Å². The van der Waals surface area contributed by atoms with Crippen LogP contribution in [0.2, 0.25) is 0 Å². The Morgan fingerprint density at radius 3 is 2.63 bits per heavy atom. The van der Waals surface area contributed by atoms with E-state index in [1.165, 1.54) is 11.2 Å². The molecule has 0 saturated carbocycles. The Morgan fingerprint density at radius 1 is 1.53 bits per heavy atom. The minimum Gasteiger partial charge on any atom is -0.349 e. The monoisotopic (exact) mass is 309 g/mol. The molecule has 2 atom stereocenters. The zero-order valence-corrected chi connectivity index (χ0v) is 13.3. The summed E-state index contributed by atoms with van der Waals surface area (Å²) in [6.45, 7) is 0.946. The summed E-state index contributed by atoms with van der Waals surface area (Å²) in [5.41, 5.74) is 5.74. The molecule has 1 heterocycles. The first-order chi connectivity index (χ1) is 8.77. The highest BCUT2D eigenvalue weighted by Crippen LogP contribution is 2.23. The number of sulfone groups is 1. The van der Waals surface area contributed by atoms with Gasteiger partial charge in [0, 0.05) is 57.4 Å². The largest absolute Gasteiger partial charge is 0.349 e. The Bertz CT molecular complexity index is 411. The molecular weight excluding hydrogens is 286 g/mol. The van der Waals surface area contributed by atoms with Gasteiger partial charge in [0.1, 0.15) is 5.37 Å². The van der Waals surface area contributed by atoms with Crippen molar-refractivity contribution >= 4 is 27.5 Å². The predicted octanol–water partition coefficient (Wildman–Crippen LogP) is -0.788. The van der Waals surface area contributed by atoms with E-state index in [1.807, 2.05) is 4.90 Å². The van der Waals surface area contributed by atoms with Gasteiger partial charge in [-0.05, 0) is 0 Å². The third-order valence-electron chi connectivity index (χ3n) is 3.27. The van der Waals surface area contributed by atoms with Crippen molar-refractivity contribution in [2.45, 2.75) is 17.8 Å². The van der Waals surface area contributed by atoms with Gasteiger partial charge in [0.05, 0.1) is 0 Å². The van der Waals surface area contributed by atoms with Gasteiger partial charge in [-0.25, -0.2) is 8.42 Å². The van der Waals surface area contributed by atoms with Crippen LogP contribution in [0.4, 0.5) is 0 Å². The summed E-state index contributed by atoms with van der Waals surface area (Å²) in [6, 6.07) is -0.212. The van der Waals surface area contributed by atoms with E-state index < -0.39 is 15.2 Å². The molecule has 1 saturated heterocycles. The lowest BCUT2D eigenvalue weighted by Gasteiger charge is -2.39. The van der Waals surface area contributed by atoms with Crippen molar-refractivity contribution in [3.05, 3.63) is 0 Å². The Morgan fingerprint density at radius 2 is 2.16 bits per heavy atom. The molecule has 6 nitrogen and oxygen atoms in total. The average molecular weight is 309 g/mol. The molecule has 19 heavy (non-hydrogen) atoms. The molecular formula is C11H23N3O3S2. The number of nitrogens with two attached hydrogens (primary N) is 1. The summed E-state index contributed by atoms with van der Waals surface area (Å²) < 4.78 is 23.7. The minimum atomic E-state index is -3.16. The van der Waals surface area contributed by atoms with Gasteiger partial charge in [-0.2, -0.15) is 11.8 Å². The van der Waals surface area contributed by atoms with Crippen LogP contribution in [0.25, 0.3) is 0 Å². The fourth-order valence-corrected chi connectivity index (χ4v) is 5.05. The molecule has 0 aromatic carbocycles. The van der Waals surface area contributed by atoms with Crippen LogP contribution in [0, 0.1) is 0 Å².